The van der Waals surface area contributed by atoms with Crippen LogP contribution in [0.1, 0.15) is 5.69 Å². The van der Waals surface area contributed by atoms with Crippen LogP contribution in [0.4, 0.5) is 5.69 Å². The third kappa shape index (κ3) is 3.57. The van der Waals surface area contributed by atoms with E-state index in [1.54, 1.807) is 44.7 Å². The number of aromatic nitrogens is 1. The number of rotatable bonds is 6. The summed E-state index contributed by atoms with van der Waals surface area (Å²) in [6.07, 6.45) is 1.77. The van der Waals surface area contributed by atoms with Gasteiger partial charge in [-0.3, -0.25) is 4.79 Å². The first-order valence-corrected chi connectivity index (χ1v) is 8.07. The van der Waals surface area contributed by atoms with Gasteiger partial charge in [-0.15, -0.1) is 11.3 Å². The zero-order valence-electron chi connectivity index (χ0n) is 13.2. The molecule has 0 fully saturated rings. The van der Waals surface area contributed by atoms with Crippen molar-refractivity contribution in [2.75, 3.05) is 19.5 Å². The highest BCUT2D eigenvalue weighted by molar-refractivity contribution is 7.13. The Hall–Kier alpha value is -2.80. The number of hydrogen-bond donors (Lipinski definition) is 1. The Morgan fingerprint density at radius 2 is 2.17 bits per heavy atom. The number of carbonyl (C=O) groups excluding carboxylic acids is 1. The Morgan fingerprint density at radius 1 is 1.29 bits per heavy atom. The summed E-state index contributed by atoms with van der Waals surface area (Å²) >= 11 is 1.44. The highest BCUT2D eigenvalue weighted by Gasteiger charge is 2.13. The van der Waals surface area contributed by atoms with Crippen molar-refractivity contribution in [2.45, 2.75) is 6.42 Å². The molecule has 6 nitrogen and oxygen atoms in total. The third-order valence-corrected chi connectivity index (χ3v) is 4.21. The minimum Gasteiger partial charge on any atom is -0.497 e. The number of nitrogens with one attached hydrogen (secondary N) is 1. The first-order chi connectivity index (χ1) is 11.7. The molecular weight excluding hydrogens is 328 g/mol. The highest BCUT2D eigenvalue weighted by Crippen LogP contribution is 2.29. The van der Waals surface area contributed by atoms with Gasteiger partial charge in [0.2, 0.25) is 5.91 Å². The van der Waals surface area contributed by atoms with Gasteiger partial charge >= 0.3 is 0 Å². The van der Waals surface area contributed by atoms with Crippen LogP contribution in [0.15, 0.2) is 46.4 Å². The maximum Gasteiger partial charge on any atom is 0.230 e. The second kappa shape index (κ2) is 7.18. The molecule has 1 N–H and O–H groups in total. The maximum atomic E-state index is 12.2. The lowest BCUT2D eigenvalue weighted by Crippen LogP contribution is -2.15. The molecular formula is C17H16N2O4S. The van der Waals surface area contributed by atoms with E-state index in [9.17, 15) is 4.79 Å². The number of anilines is 1. The topological polar surface area (TPSA) is 73.6 Å². The van der Waals surface area contributed by atoms with E-state index in [0.29, 0.717) is 28.6 Å². The first kappa shape index (κ1) is 16.1. The number of hydrogen-bond acceptors (Lipinski definition) is 6. The van der Waals surface area contributed by atoms with E-state index in [1.807, 2.05) is 11.4 Å². The van der Waals surface area contributed by atoms with Gasteiger partial charge < -0.3 is 19.2 Å². The number of ether oxygens (including phenoxy) is 2. The molecule has 24 heavy (non-hydrogen) atoms. The molecule has 1 aromatic carbocycles. The molecule has 2 heterocycles. The van der Waals surface area contributed by atoms with E-state index < -0.39 is 0 Å². The predicted octanol–water partition coefficient (Wildman–Crippen LogP) is 3.60. The molecule has 2 aromatic heterocycles. The fourth-order valence-corrected chi connectivity index (χ4v) is 2.95. The molecule has 0 aliphatic rings. The maximum absolute atomic E-state index is 12.2. The Morgan fingerprint density at radius 3 is 2.88 bits per heavy atom. The molecule has 0 atom stereocenters. The van der Waals surface area contributed by atoms with E-state index in [1.165, 1.54) is 11.3 Å². The van der Waals surface area contributed by atoms with Crippen LogP contribution in [-0.2, 0) is 11.2 Å². The SMILES string of the molecule is COc1ccc(NC(=O)Cc2csc(-c3ccco3)n2)c(OC)c1. The van der Waals surface area contributed by atoms with Gasteiger partial charge in [0.15, 0.2) is 10.8 Å². The van der Waals surface area contributed by atoms with Gasteiger partial charge in [0.05, 0.1) is 38.3 Å². The number of nitrogens with zero attached hydrogens (tertiary/aromatic N) is 1. The second-order valence-electron chi connectivity index (χ2n) is 4.91. The smallest absolute Gasteiger partial charge is 0.230 e. The summed E-state index contributed by atoms with van der Waals surface area (Å²) in [6, 6.07) is 8.86. The van der Waals surface area contributed by atoms with Crippen LogP contribution in [0.3, 0.4) is 0 Å². The van der Waals surface area contributed by atoms with Gasteiger partial charge in [-0.1, -0.05) is 0 Å². The van der Waals surface area contributed by atoms with E-state index in [4.69, 9.17) is 13.9 Å². The quantitative estimate of drug-likeness (QED) is 0.739. The van der Waals surface area contributed by atoms with Gasteiger partial charge in [-0.05, 0) is 24.3 Å². The summed E-state index contributed by atoms with van der Waals surface area (Å²) < 4.78 is 15.7. The summed E-state index contributed by atoms with van der Waals surface area (Å²) in [5, 5.41) is 5.43. The predicted molar refractivity (Wildman–Crippen MR) is 91.7 cm³/mol. The summed E-state index contributed by atoms with van der Waals surface area (Å²) in [6.45, 7) is 0. The molecule has 124 valence electrons. The van der Waals surface area contributed by atoms with Crippen molar-refractivity contribution in [3.63, 3.8) is 0 Å². The lowest BCUT2D eigenvalue weighted by Gasteiger charge is -2.11. The largest absolute Gasteiger partial charge is 0.497 e. The monoisotopic (exact) mass is 344 g/mol. The van der Waals surface area contributed by atoms with Crippen molar-refractivity contribution in [1.29, 1.82) is 0 Å². The second-order valence-corrected chi connectivity index (χ2v) is 5.77. The molecule has 7 heteroatoms. The summed E-state index contributed by atoms with van der Waals surface area (Å²) in [4.78, 5) is 16.7. The third-order valence-electron chi connectivity index (χ3n) is 3.31. The van der Waals surface area contributed by atoms with E-state index in [0.717, 1.165) is 5.01 Å². The summed E-state index contributed by atoms with van der Waals surface area (Å²) in [5.41, 5.74) is 1.28. The fraction of sp³-hybridized carbons (Fsp3) is 0.176. The van der Waals surface area contributed by atoms with Crippen molar-refractivity contribution in [3.8, 4) is 22.3 Å². The van der Waals surface area contributed by atoms with Crippen LogP contribution in [-0.4, -0.2) is 25.1 Å². The van der Waals surface area contributed by atoms with Crippen molar-refractivity contribution in [1.82, 2.24) is 4.98 Å². The minimum atomic E-state index is -0.172. The average Bonchev–Trinajstić information content (AvgIpc) is 3.26. The van der Waals surface area contributed by atoms with Gasteiger partial charge in [-0.2, -0.15) is 0 Å². The average molecular weight is 344 g/mol. The van der Waals surface area contributed by atoms with E-state index in [2.05, 4.69) is 10.3 Å². The molecule has 1 amide bonds. The van der Waals surface area contributed by atoms with Gasteiger partial charge in [-0.25, -0.2) is 4.98 Å². The van der Waals surface area contributed by atoms with Crippen LogP contribution >= 0.6 is 11.3 Å². The molecule has 0 radical (unpaired) electrons. The molecule has 0 aliphatic heterocycles. The standard InChI is InChI=1S/C17H16N2O4S/c1-21-12-5-6-13(15(9-12)22-2)19-16(20)8-11-10-24-17(18-11)14-4-3-7-23-14/h3-7,9-10H,8H2,1-2H3,(H,19,20). The van der Waals surface area contributed by atoms with Crippen molar-refractivity contribution in [3.05, 3.63) is 47.7 Å². The van der Waals surface area contributed by atoms with Crippen molar-refractivity contribution >= 4 is 22.9 Å². The molecule has 3 rings (SSSR count). The van der Waals surface area contributed by atoms with Gasteiger partial charge in [0, 0.05) is 11.4 Å². The van der Waals surface area contributed by atoms with Crippen molar-refractivity contribution in [2.24, 2.45) is 0 Å². The van der Waals surface area contributed by atoms with Gasteiger partial charge in [0.25, 0.3) is 0 Å². The Labute approximate surface area is 143 Å². The van der Waals surface area contributed by atoms with E-state index >= 15 is 0 Å². The molecule has 0 spiro atoms. The van der Waals surface area contributed by atoms with Crippen LogP contribution in [0, 0.1) is 0 Å². The molecule has 0 saturated heterocycles. The zero-order chi connectivity index (χ0) is 16.9. The molecule has 0 saturated carbocycles. The van der Waals surface area contributed by atoms with Gasteiger partial charge in [0.1, 0.15) is 11.5 Å². The number of amides is 1. The first-order valence-electron chi connectivity index (χ1n) is 7.19. The Balaban J connectivity index is 1.68. The number of benzene rings is 1. The number of furan rings is 1. The van der Waals surface area contributed by atoms with Crippen LogP contribution in [0.2, 0.25) is 0 Å². The molecule has 0 aliphatic carbocycles. The number of methoxy groups -OCH3 is 2. The molecule has 3 aromatic rings. The van der Waals surface area contributed by atoms with Crippen LogP contribution < -0.4 is 14.8 Å². The highest BCUT2D eigenvalue weighted by atomic mass is 32.1. The normalized spacial score (nSPS) is 10.4. The van der Waals surface area contributed by atoms with E-state index in [-0.39, 0.29) is 12.3 Å². The summed E-state index contributed by atoms with van der Waals surface area (Å²) in [7, 11) is 3.12. The van der Waals surface area contributed by atoms with Crippen molar-refractivity contribution < 1.29 is 18.7 Å². The number of thiazole rings is 1. The van der Waals surface area contributed by atoms with Crippen LogP contribution in [0.25, 0.3) is 10.8 Å². The molecule has 0 bridgehead atoms. The van der Waals surface area contributed by atoms with Crippen LogP contribution in [0.5, 0.6) is 11.5 Å². The molecule has 0 unspecified atom stereocenters. The lowest BCUT2D eigenvalue weighted by atomic mass is 10.2. The fourth-order valence-electron chi connectivity index (χ4n) is 2.16. The summed E-state index contributed by atoms with van der Waals surface area (Å²) in [5.74, 6) is 1.72. The zero-order valence-corrected chi connectivity index (χ0v) is 14.1. The lowest BCUT2D eigenvalue weighted by molar-refractivity contribution is -0.115. The Bertz CT molecular complexity index is 827. The Kier molecular flexibility index (Phi) is 4.81. The number of carbonyl (C=O) groups is 1. The minimum absolute atomic E-state index is 0.172.